The number of pyridine rings is 1. The van der Waals surface area contributed by atoms with Crippen molar-refractivity contribution in [2.45, 2.75) is 25.7 Å². The second kappa shape index (κ2) is 6.68. The monoisotopic (exact) mass is 252 g/mol. The first-order chi connectivity index (χ1) is 8.83. The van der Waals surface area contributed by atoms with Gasteiger partial charge >= 0.3 is 0 Å². The largest absolute Gasteiger partial charge is 0.492 e. The van der Waals surface area contributed by atoms with Crippen molar-refractivity contribution in [2.24, 2.45) is 0 Å². The van der Waals surface area contributed by atoms with E-state index in [0.29, 0.717) is 19.8 Å². The highest BCUT2D eigenvalue weighted by Gasteiger charge is 2.22. The van der Waals surface area contributed by atoms with E-state index in [1.807, 2.05) is 26.2 Å². The minimum Gasteiger partial charge on any atom is -0.492 e. The van der Waals surface area contributed by atoms with Crippen LogP contribution in [0.4, 0.5) is 0 Å². The molecule has 1 saturated heterocycles. The highest BCUT2D eigenvalue weighted by atomic mass is 16.7. The van der Waals surface area contributed by atoms with Crippen LogP contribution < -0.4 is 10.1 Å². The van der Waals surface area contributed by atoms with Crippen LogP contribution in [-0.4, -0.2) is 38.1 Å². The first-order valence-electron chi connectivity index (χ1n) is 6.31. The number of hydrogen-bond acceptors (Lipinski definition) is 5. The van der Waals surface area contributed by atoms with Crippen LogP contribution in [0.1, 0.15) is 24.9 Å². The minimum absolute atomic E-state index is 0.127. The molecule has 100 valence electrons. The standard InChI is InChI=1S/C13H20N2O3/c1-3-16-11-6-10(8-15-9-11)12(14-2)7-13-17-4-5-18-13/h6,8-9,12-14H,3-5,7H2,1-2H3. The summed E-state index contributed by atoms with van der Waals surface area (Å²) in [5, 5.41) is 3.26. The van der Waals surface area contributed by atoms with E-state index in [2.05, 4.69) is 10.3 Å². The SMILES string of the molecule is CCOc1cncc(C(CC2OCCO2)NC)c1. The molecule has 1 aromatic heterocycles. The molecule has 2 rings (SSSR count). The van der Waals surface area contributed by atoms with E-state index in [1.165, 1.54) is 0 Å². The van der Waals surface area contributed by atoms with E-state index < -0.39 is 0 Å². The van der Waals surface area contributed by atoms with Gasteiger partial charge in [-0.1, -0.05) is 0 Å². The maximum Gasteiger partial charge on any atom is 0.159 e. The lowest BCUT2D eigenvalue weighted by Crippen LogP contribution is -2.23. The third-order valence-corrected chi connectivity index (χ3v) is 2.92. The third kappa shape index (κ3) is 3.41. The fourth-order valence-corrected chi connectivity index (χ4v) is 2.03. The van der Waals surface area contributed by atoms with Crippen molar-refractivity contribution in [2.75, 3.05) is 26.9 Å². The van der Waals surface area contributed by atoms with Crippen LogP contribution in [0.3, 0.4) is 0 Å². The van der Waals surface area contributed by atoms with Gasteiger partial charge in [0.05, 0.1) is 26.0 Å². The van der Waals surface area contributed by atoms with Gasteiger partial charge in [0.2, 0.25) is 0 Å². The van der Waals surface area contributed by atoms with Crippen LogP contribution in [0.15, 0.2) is 18.5 Å². The van der Waals surface area contributed by atoms with Crippen molar-refractivity contribution in [1.82, 2.24) is 10.3 Å². The highest BCUT2D eigenvalue weighted by Crippen LogP contribution is 2.24. The zero-order valence-electron chi connectivity index (χ0n) is 10.9. The minimum atomic E-state index is -0.127. The van der Waals surface area contributed by atoms with Gasteiger partial charge in [0.15, 0.2) is 6.29 Å². The first-order valence-corrected chi connectivity index (χ1v) is 6.31. The lowest BCUT2D eigenvalue weighted by molar-refractivity contribution is -0.0526. The summed E-state index contributed by atoms with van der Waals surface area (Å²) in [6, 6.07) is 2.16. The molecule has 18 heavy (non-hydrogen) atoms. The Morgan fingerprint density at radius 2 is 2.22 bits per heavy atom. The van der Waals surface area contributed by atoms with Crippen LogP contribution in [0.5, 0.6) is 5.75 Å². The van der Waals surface area contributed by atoms with Gasteiger partial charge < -0.3 is 19.5 Å². The van der Waals surface area contributed by atoms with Crippen molar-refractivity contribution < 1.29 is 14.2 Å². The molecule has 0 saturated carbocycles. The molecule has 2 heterocycles. The molecule has 5 heteroatoms. The fourth-order valence-electron chi connectivity index (χ4n) is 2.03. The molecule has 1 aliphatic rings. The van der Waals surface area contributed by atoms with Gasteiger partial charge in [-0.25, -0.2) is 0 Å². The van der Waals surface area contributed by atoms with Crippen molar-refractivity contribution in [3.63, 3.8) is 0 Å². The van der Waals surface area contributed by atoms with E-state index in [4.69, 9.17) is 14.2 Å². The summed E-state index contributed by atoms with van der Waals surface area (Å²) >= 11 is 0. The van der Waals surface area contributed by atoms with Crippen molar-refractivity contribution in [3.05, 3.63) is 24.0 Å². The molecule has 0 amide bonds. The average molecular weight is 252 g/mol. The van der Waals surface area contributed by atoms with Crippen LogP contribution in [0.2, 0.25) is 0 Å². The normalized spacial score (nSPS) is 17.9. The summed E-state index contributed by atoms with van der Waals surface area (Å²) in [6.07, 6.45) is 4.22. The summed E-state index contributed by atoms with van der Waals surface area (Å²) in [7, 11) is 1.92. The molecule has 0 aromatic carbocycles. The smallest absolute Gasteiger partial charge is 0.159 e. The summed E-state index contributed by atoms with van der Waals surface area (Å²) in [5.41, 5.74) is 1.09. The van der Waals surface area contributed by atoms with E-state index in [0.717, 1.165) is 17.7 Å². The Morgan fingerprint density at radius 1 is 1.44 bits per heavy atom. The van der Waals surface area contributed by atoms with Crippen molar-refractivity contribution in [3.8, 4) is 5.75 Å². The molecule has 0 spiro atoms. The predicted octanol–water partition coefficient (Wildman–Crippen LogP) is 1.50. The van der Waals surface area contributed by atoms with Gasteiger partial charge in [0, 0.05) is 18.7 Å². The molecular formula is C13H20N2O3. The van der Waals surface area contributed by atoms with E-state index in [1.54, 1.807) is 6.20 Å². The quantitative estimate of drug-likeness (QED) is 0.831. The second-order valence-electron chi connectivity index (χ2n) is 4.14. The average Bonchev–Trinajstić information content (AvgIpc) is 2.89. The number of hydrogen-bond donors (Lipinski definition) is 1. The Hall–Kier alpha value is -1.17. The fraction of sp³-hybridized carbons (Fsp3) is 0.615. The Labute approximate surface area is 107 Å². The highest BCUT2D eigenvalue weighted by molar-refractivity contribution is 5.26. The lowest BCUT2D eigenvalue weighted by atomic mass is 10.1. The third-order valence-electron chi connectivity index (χ3n) is 2.92. The predicted molar refractivity (Wildman–Crippen MR) is 67.5 cm³/mol. The summed E-state index contributed by atoms with van der Waals surface area (Å²) in [5.74, 6) is 0.795. The Kier molecular flexibility index (Phi) is 4.92. The molecule has 1 aromatic rings. The number of ether oxygens (including phenoxy) is 3. The number of aromatic nitrogens is 1. The first kappa shape index (κ1) is 13.3. The van der Waals surface area contributed by atoms with Gasteiger partial charge in [0.25, 0.3) is 0 Å². The summed E-state index contributed by atoms with van der Waals surface area (Å²) in [6.45, 7) is 3.96. The molecule has 1 aliphatic heterocycles. The molecule has 1 atom stereocenters. The van der Waals surface area contributed by atoms with E-state index in [9.17, 15) is 0 Å². The van der Waals surface area contributed by atoms with Crippen molar-refractivity contribution >= 4 is 0 Å². The van der Waals surface area contributed by atoms with Gasteiger partial charge in [-0.3, -0.25) is 4.98 Å². The van der Waals surface area contributed by atoms with Gasteiger partial charge in [-0.2, -0.15) is 0 Å². The molecule has 0 bridgehead atoms. The molecule has 5 nitrogen and oxygen atoms in total. The van der Waals surface area contributed by atoms with Gasteiger partial charge in [-0.15, -0.1) is 0 Å². The Morgan fingerprint density at radius 3 is 2.89 bits per heavy atom. The zero-order valence-corrected chi connectivity index (χ0v) is 10.9. The summed E-state index contributed by atoms with van der Waals surface area (Å²) < 4.78 is 16.4. The molecule has 1 N–H and O–H groups in total. The van der Waals surface area contributed by atoms with Gasteiger partial charge in [0.1, 0.15) is 5.75 Å². The van der Waals surface area contributed by atoms with Crippen LogP contribution in [0, 0.1) is 0 Å². The van der Waals surface area contributed by atoms with Crippen LogP contribution in [-0.2, 0) is 9.47 Å². The molecule has 0 radical (unpaired) electrons. The van der Waals surface area contributed by atoms with Crippen LogP contribution >= 0.6 is 0 Å². The topological polar surface area (TPSA) is 52.6 Å². The molecular weight excluding hydrogens is 232 g/mol. The maximum absolute atomic E-state index is 5.47. The number of nitrogens with zero attached hydrogens (tertiary/aromatic N) is 1. The number of nitrogens with one attached hydrogen (secondary N) is 1. The molecule has 1 unspecified atom stereocenters. The molecule has 0 aliphatic carbocycles. The Bertz CT molecular complexity index is 367. The lowest BCUT2D eigenvalue weighted by Gasteiger charge is -2.19. The van der Waals surface area contributed by atoms with E-state index >= 15 is 0 Å². The maximum atomic E-state index is 5.47. The van der Waals surface area contributed by atoms with Gasteiger partial charge in [-0.05, 0) is 25.6 Å². The Balaban J connectivity index is 2.03. The number of rotatable bonds is 6. The van der Waals surface area contributed by atoms with Crippen molar-refractivity contribution in [1.29, 1.82) is 0 Å². The van der Waals surface area contributed by atoms with Crippen LogP contribution in [0.25, 0.3) is 0 Å². The zero-order chi connectivity index (χ0) is 12.8. The second-order valence-corrected chi connectivity index (χ2v) is 4.14. The van der Waals surface area contributed by atoms with E-state index in [-0.39, 0.29) is 12.3 Å². The summed E-state index contributed by atoms with van der Waals surface area (Å²) in [4.78, 5) is 4.20. The molecule has 1 fully saturated rings.